The highest BCUT2D eigenvalue weighted by molar-refractivity contribution is 9.10. The zero-order valence-electron chi connectivity index (χ0n) is 12.6. The Morgan fingerprint density at radius 2 is 2.10 bits per heavy atom. The Kier molecular flexibility index (Phi) is 6.96. The molecule has 5 heteroatoms. The molecule has 2 N–H and O–H groups in total. The van der Waals surface area contributed by atoms with E-state index in [9.17, 15) is 5.11 Å². The van der Waals surface area contributed by atoms with Crippen molar-refractivity contribution in [2.45, 2.75) is 31.9 Å². The van der Waals surface area contributed by atoms with Gasteiger partial charge in [0.15, 0.2) is 0 Å². The van der Waals surface area contributed by atoms with Gasteiger partial charge in [0.25, 0.3) is 0 Å². The van der Waals surface area contributed by atoms with Crippen LogP contribution in [-0.2, 0) is 0 Å². The van der Waals surface area contributed by atoms with Crippen LogP contribution in [0.5, 0.6) is 5.75 Å². The molecule has 1 aliphatic heterocycles. The van der Waals surface area contributed by atoms with Crippen LogP contribution in [0.25, 0.3) is 0 Å². The van der Waals surface area contributed by atoms with E-state index >= 15 is 0 Å². The van der Waals surface area contributed by atoms with Gasteiger partial charge in [-0.15, -0.1) is 0 Å². The van der Waals surface area contributed by atoms with E-state index in [0.717, 1.165) is 16.8 Å². The molecular formula is C16H25BrN2O2. The molecule has 0 radical (unpaired) electrons. The monoisotopic (exact) mass is 356 g/mol. The molecule has 0 bridgehead atoms. The summed E-state index contributed by atoms with van der Waals surface area (Å²) in [5, 5.41) is 13.3. The lowest BCUT2D eigenvalue weighted by Gasteiger charge is -2.24. The summed E-state index contributed by atoms with van der Waals surface area (Å²) in [6.07, 6.45) is 2.13. The SMILES string of the molecule is CC(CNCC(O)COc1cccc(Br)c1)N1CCCC1. The molecule has 1 saturated heterocycles. The van der Waals surface area contributed by atoms with Crippen molar-refractivity contribution < 1.29 is 9.84 Å². The minimum Gasteiger partial charge on any atom is -0.491 e. The number of likely N-dealkylation sites (tertiary alicyclic amines) is 1. The molecule has 0 amide bonds. The van der Waals surface area contributed by atoms with Gasteiger partial charge in [0.1, 0.15) is 18.5 Å². The molecule has 1 heterocycles. The summed E-state index contributed by atoms with van der Waals surface area (Å²) in [5.41, 5.74) is 0. The Morgan fingerprint density at radius 1 is 1.33 bits per heavy atom. The number of benzene rings is 1. The van der Waals surface area contributed by atoms with Crippen molar-refractivity contribution in [3.8, 4) is 5.75 Å². The first-order valence-electron chi connectivity index (χ1n) is 7.66. The van der Waals surface area contributed by atoms with Crippen molar-refractivity contribution in [2.75, 3.05) is 32.8 Å². The molecule has 21 heavy (non-hydrogen) atoms. The standard InChI is InChI=1S/C16H25BrN2O2/c1-13(19-7-2-3-8-19)10-18-11-15(20)12-21-16-6-4-5-14(17)9-16/h4-6,9,13,15,18,20H,2-3,7-8,10-12H2,1H3. The first kappa shape index (κ1) is 16.7. The van der Waals surface area contributed by atoms with E-state index in [4.69, 9.17) is 4.74 Å². The Morgan fingerprint density at radius 3 is 2.81 bits per heavy atom. The summed E-state index contributed by atoms with van der Waals surface area (Å²) in [4.78, 5) is 2.50. The number of nitrogens with zero attached hydrogens (tertiary/aromatic N) is 1. The van der Waals surface area contributed by atoms with Crippen molar-refractivity contribution >= 4 is 15.9 Å². The molecule has 1 fully saturated rings. The van der Waals surface area contributed by atoms with Gasteiger partial charge in [-0.25, -0.2) is 0 Å². The summed E-state index contributed by atoms with van der Waals surface area (Å²) < 4.78 is 6.55. The number of halogens is 1. The smallest absolute Gasteiger partial charge is 0.120 e. The van der Waals surface area contributed by atoms with Gasteiger partial charge in [-0.05, 0) is 51.1 Å². The maximum Gasteiger partial charge on any atom is 0.120 e. The van der Waals surface area contributed by atoms with E-state index in [1.807, 2.05) is 24.3 Å². The van der Waals surface area contributed by atoms with Crippen LogP contribution in [0.2, 0.25) is 0 Å². The number of hydrogen-bond acceptors (Lipinski definition) is 4. The molecule has 1 aromatic carbocycles. The van der Waals surface area contributed by atoms with Gasteiger partial charge >= 0.3 is 0 Å². The maximum atomic E-state index is 9.95. The van der Waals surface area contributed by atoms with Gasteiger partial charge in [-0.3, -0.25) is 4.90 Å². The van der Waals surface area contributed by atoms with Gasteiger partial charge in [0.05, 0.1) is 0 Å². The van der Waals surface area contributed by atoms with E-state index in [2.05, 4.69) is 33.1 Å². The highest BCUT2D eigenvalue weighted by Crippen LogP contribution is 2.17. The van der Waals surface area contributed by atoms with Crippen LogP contribution in [0.4, 0.5) is 0 Å². The summed E-state index contributed by atoms with van der Waals surface area (Å²) >= 11 is 3.40. The minimum absolute atomic E-state index is 0.307. The van der Waals surface area contributed by atoms with Crippen molar-refractivity contribution in [1.29, 1.82) is 0 Å². The fourth-order valence-electron chi connectivity index (χ4n) is 2.58. The molecule has 0 aromatic heterocycles. The van der Waals surface area contributed by atoms with Gasteiger partial charge in [-0.1, -0.05) is 22.0 Å². The molecule has 2 atom stereocenters. The van der Waals surface area contributed by atoms with Crippen molar-refractivity contribution in [1.82, 2.24) is 10.2 Å². The molecule has 0 saturated carbocycles. The first-order valence-corrected chi connectivity index (χ1v) is 8.45. The zero-order chi connectivity index (χ0) is 15.1. The Bertz CT molecular complexity index is 424. The Balaban J connectivity index is 1.60. The number of ether oxygens (including phenoxy) is 1. The lowest BCUT2D eigenvalue weighted by molar-refractivity contribution is 0.104. The molecular weight excluding hydrogens is 332 g/mol. The van der Waals surface area contributed by atoms with E-state index in [0.29, 0.717) is 19.2 Å². The van der Waals surface area contributed by atoms with Crippen LogP contribution < -0.4 is 10.1 Å². The van der Waals surface area contributed by atoms with Crippen LogP contribution in [0.15, 0.2) is 28.7 Å². The molecule has 1 aliphatic rings. The molecule has 2 unspecified atom stereocenters. The zero-order valence-corrected chi connectivity index (χ0v) is 14.2. The second kappa shape index (κ2) is 8.73. The number of hydrogen-bond donors (Lipinski definition) is 2. The second-order valence-electron chi connectivity index (χ2n) is 5.67. The first-order chi connectivity index (χ1) is 10.1. The Labute approximate surface area is 135 Å². The lowest BCUT2D eigenvalue weighted by Crippen LogP contribution is -2.41. The normalized spacial score (nSPS) is 18.6. The third-order valence-corrected chi connectivity index (χ3v) is 4.32. The average molecular weight is 357 g/mol. The number of aliphatic hydroxyl groups is 1. The van der Waals surface area contributed by atoms with Gasteiger partial charge < -0.3 is 15.2 Å². The van der Waals surface area contributed by atoms with Gasteiger partial charge in [-0.2, -0.15) is 0 Å². The lowest BCUT2D eigenvalue weighted by atomic mass is 10.3. The summed E-state index contributed by atoms with van der Waals surface area (Å²) in [7, 11) is 0. The molecule has 0 aliphatic carbocycles. The average Bonchev–Trinajstić information content (AvgIpc) is 2.99. The molecule has 4 nitrogen and oxygen atoms in total. The maximum absolute atomic E-state index is 9.95. The number of aliphatic hydroxyl groups excluding tert-OH is 1. The van der Waals surface area contributed by atoms with E-state index in [1.54, 1.807) is 0 Å². The predicted molar refractivity (Wildman–Crippen MR) is 88.8 cm³/mol. The number of nitrogens with one attached hydrogen (secondary N) is 1. The highest BCUT2D eigenvalue weighted by Gasteiger charge is 2.17. The van der Waals surface area contributed by atoms with Crippen LogP contribution in [0.1, 0.15) is 19.8 Å². The van der Waals surface area contributed by atoms with Crippen molar-refractivity contribution in [3.63, 3.8) is 0 Å². The van der Waals surface area contributed by atoms with Crippen molar-refractivity contribution in [3.05, 3.63) is 28.7 Å². The predicted octanol–water partition coefficient (Wildman–Crippen LogP) is 2.26. The third-order valence-electron chi connectivity index (χ3n) is 3.82. The molecule has 1 aromatic rings. The molecule has 2 rings (SSSR count). The van der Waals surface area contributed by atoms with Crippen LogP contribution in [0, 0.1) is 0 Å². The van der Waals surface area contributed by atoms with Crippen molar-refractivity contribution in [2.24, 2.45) is 0 Å². The summed E-state index contributed by atoms with van der Waals surface area (Å²) in [5.74, 6) is 0.772. The highest BCUT2D eigenvalue weighted by atomic mass is 79.9. The van der Waals surface area contributed by atoms with Crippen LogP contribution in [0.3, 0.4) is 0 Å². The summed E-state index contributed by atoms with van der Waals surface area (Å²) in [6.45, 7) is 6.43. The minimum atomic E-state index is -0.491. The molecule has 0 spiro atoms. The second-order valence-corrected chi connectivity index (χ2v) is 6.59. The van der Waals surface area contributed by atoms with Gasteiger partial charge in [0.2, 0.25) is 0 Å². The van der Waals surface area contributed by atoms with E-state index in [1.165, 1.54) is 25.9 Å². The third kappa shape index (κ3) is 5.94. The van der Waals surface area contributed by atoms with E-state index in [-0.39, 0.29) is 0 Å². The van der Waals surface area contributed by atoms with E-state index < -0.39 is 6.10 Å². The topological polar surface area (TPSA) is 44.7 Å². The Hall–Kier alpha value is -0.620. The fraction of sp³-hybridized carbons (Fsp3) is 0.625. The molecule has 118 valence electrons. The quantitative estimate of drug-likeness (QED) is 0.749. The van der Waals surface area contributed by atoms with Crippen LogP contribution >= 0.6 is 15.9 Å². The van der Waals surface area contributed by atoms with Gasteiger partial charge in [0, 0.05) is 23.6 Å². The number of rotatable bonds is 8. The largest absolute Gasteiger partial charge is 0.491 e. The fourth-order valence-corrected chi connectivity index (χ4v) is 2.96. The summed E-state index contributed by atoms with van der Waals surface area (Å²) in [6, 6.07) is 8.19. The van der Waals surface area contributed by atoms with Crippen LogP contribution in [-0.4, -0.2) is 54.9 Å².